The van der Waals surface area contributed by atoms with Crippen LogP contribution in [0, 0.1) is 5.82 Å². The number of aromatic carboxylic acids is 1. The van der Waals surface area contributed by atoms with Crippen LogP contribution < -0.4 is 0 Å². The van der Waals surface area contributed by atoms with Crippen LogP contribution in [0.3, 0.4) is 0 Å². The molecule has 0 saturated heterocycles. The number of hydrogen-bond donors (Lipinski definition) is 1. The lowest BCUT2D eigenvalue weighted by atomic mass is 10.3. The molecule has 1 aromatic carbocycles. The van der Waals surface area contributed by atoms with Crippen molar-refractivity contribution in [2.24, 2.45) is 0 Å². The van der Waals surface area contributed by atoms with Gasteiger partial charge in [0.1, 0.15) is 21.2 Å². The Morgan fingerprint density at radius 1 is 1.33 bits per heavy atom. The summed E-state index contributed by atoms with van der Waals surface area (Å²) < 4.78 is 40.5. The third kappa shape index (κ3) is 2.27. The topological polar surface area (TPSA) is 55.1 Å². The first-order chi connectivity index (χ1) is 9.97. The SMILES string of the molecule is O=C(O)c1cc2c(C(F)F)nn(-c3cccc(F)c3)c2s1. The van der Waals surface area contributed by atoms with E-state index in [9.17, 15) is 18.0 Å². The van der Waals surface area contributed by atoms with E-state index in [1.807, 2.05) is 0 Å². The molecule has 1 N–H and O–H groups in total. The third-order valence-corrected chi connectivity index (χ3v) is 3.96. The summed E-state index contributed by atoms with van der Waals surface area (Å²) in [5.41, 5.74) is -0.260. The molecule has 0 unspecified atom stereocenters. The summed E-state index contributed by atoms with van der Waals surface area (Å²) in [6, 6.07) is 6.45. The van der Waals surface area contributed by atoms with Crippen LogP contribution >= 0.6 is 11.3 Å². The smallest absolute Gasteiger partial charge is 0.345 e. The highest BCUT2D eigenvalue weighted by Gasteiger charge is 2.23. The lowest BCUT2D eigenvalue weighted by Gasteiger charge is -2.02. The molecule has 0 saturated carbocycles. The minimum atomic E-state index is -2.85. The van der Waals surface area contributed by atoms with E-state index in [2.05, 4.69) is 5.10 Å². The first-order valence-electron chi connectivity index (χ1n) is 5.77. The first kappa shape index (κ1) is 13.6. The molecule has 0 atom stereocenters. The highest BCUT2D eigenvalue weighted by atomic mass is 32.1. The predicted molar refractivity (Wildman–Crippen MR) is 70.8 cm³/mol. The fourth-order valence-electron chi connectivity index (χ4n) is 1.98. The first-order valence-corrected chi connectivity index (χ1v) is 6.59. The van der Waals surface area contributed by atoms with E-state index < -0.39 is 23.9 Å². The molecular formula is C13H7F3N2O2S. The maximum Gasteiger partial charge on any atom is 0.345 e. The van der Waals surface area contributed by atoms with E-state index in [0.29, 0.717) is 0 Å². The van der Waals surface area contributed by atoms with Gasteiger partial charge in [0.2, 0.25) is 0 Å². The summed E-state index contributed by atoms with van der Waals surface area (Å²) in [5, 5.41) is 12.8. The minimum Gasteiger partial charge on any atom is -0.477 e. The number of alkyl halides is 2. The Balaban J connectivity index is 2.29. The van der Waals surface area contributed by atoms with Gasteiger partial charge in [-0.25, -0.2) is 22.6 Å². The van der Waals surface area contributed by atoms with Gasteiger partial charge in [0.15, 0.2) is 0 Å². The summed E-state index contributed by atoms with van der Waals surface area (Å²) >= 11 is 0.816. The van der Waals surface area contributed by atoms with Gasteiger partial charge in [-0.15, -0.1) is 11.3 Å². The lowest BCUT2D eigenvalue weighted by Crippen LogP contribution is -1.98. The Morgan fingerprint density at radius 2 is 2.10 bits per heavy atom. The number of halogens is 3. The fourth-order valence-corrected chi connectivity index (χ4v) is 2.96. The molecule has 0 radical (unpaired) electrons. The summed E-state index contributed by atoms with van der Waals surface area (Å²) in [7, 11) is 0. The van der Waals surface area contributed by atoms with Crippen molar-refractivity contribution < 1.29 is 23.1 Å². The summed E-state index contributed by atoms with van der Waals surface area (Å²) in [6.07, 6.45) is -2.85. The van der Waals surface area contributed by atoms with Crippen LogP contribution in [0.2, 0.25) is 0 Å². The lowest BCUT2D eigenvalue weighted by molar-refractivity contribution is 0.0702. The van der Waals surface area contributed by atoms with Crippen LogP contribution in [0.15, 0.2) is 30.3 Å². The fraction of sp³-hybridized carbons (Fsp3) is 0.0769. The summed E-state index contributed by atoms with van der Waals surface area (Å²) in [5.74, 6) is -1.74. The van der Waals surface area contributed by atoms with Crippen molar-refractivity contribution >= 4 is 27.5 Å². The van der Waals surface area contributed by atoms with Gasteiger partial charge in [-0.3, -0.25) is 0 Å². The van der Waals surface area contributed by atoms with Crippen molar-refractivity contribution in [2.75, 3.05) is 0 Å². The molecule has 0 bridgehead atoms. The normalized spacial score (nSPS) is 11.4. The zero-order valence-corrected chi connectivity index (χ0v) is 11.1. The largest absolute Gasteiger partial charge is 0.477 e. The molecule has 8 heteroatoms. The number of nitrogens with zero attached hydrogens (tertiary/aromatic N) is 2. The number of aromatic nitrogens is 2. The van der Waals surface area contributed by atoms with Crippen molar-refractivity contribution in [3.63, 3.8) is 0 Å². The molecule has 21 heavy (non-hydrogen) atoms. The Hall–Kier alpha value is -2.35. The zero-order valence-electron chi connectivity index (χ0n) is 10.3. The van der Waals surface area contributed by atoms with Gasteiger partial charge in [-0.1, -0.05) is 6.07 Å². The van der Waals surface area contributed by atoms with E-state index in [1.54, 1.807) is 0 Å². The molecule has 0 aliphatic heterocycles. The van der Waals surface area contributed by atoms with Crippen molar-refractivity contribution in [1.29, 1.82) is 0 Å². The Kier molecular flexibility index (Phi) is 3.17. The number of benzene rings is 1. The van der Waals surface area contributed by atoms with Gasteiger partial charge in [0, 0.05) is 5.39 Å². The zero-order chi connectivity index (χ0) is 15.1. The number of rotatable bonds is 3. The Morgan fingerprint density at radius 3 is 2.71 bits per heavy atom. The van der Waals surface area contributed by atoms with Gasteiger partial charge in [0.05, 0.1) is 5.69 Å². The van der Waals surface area contributed by atoms with Crippen LogP contribution in [0.4, 0.5) is 13.2 Å². The highest BCUT2D eigenvalue weighted by Crippen LogP contribution is 2.34. The summed E-state index contributed by atoms with van der Waals surface area (Å²) in [4.78, 5) is 11.2. The maximum absolute atomic E-state index is 13.3. The number of carboxylic acids is 1. The van der Waals surface area contributed by atoms with Gasteiger partial charge in [0.25, 0.3) is 6.43 Å². The number of carbonyl (C=O) groups is 1. The van der Waals surface area contributed by atoms with Gasteiger partial charge < -0.3 is 5.11 Å². The van der Waals surface area contributed by atoms with Crippen LogP contribution in [0.5, 0.6) is 0 Å². The summed E-state index contributed by atoms with van der Waals surface area (Å²) in [6.45, 7) is 0. The molecular weight excluding hydrogens is 305 g/mol. The quantitative estimate of drug-likeness (QED) is 0.799. The second-order valence-corrected chi connectivity index (χ2v) is 5.24. The average molecular weight is 312 g/mol. The molecule has 0 fully saturated rings. The molecule has 2 heterocycles. The highest BCUT2D eigenvalue weighted by molar-refractivity contribution is 7.20. The van der Waals surface area contributed by atoms with Crippen molar-refractivity contribution in [2.45, 2.75) is 6.43 Å². The minimum absolute atomic E-state index is 0.0664. The molecule has 3 rings (SSSR count). The van der Waals surface area contributed by atoms with E-state index in [-0.39, 0.29) is 20.8 Å². The van der Waals surface area contributed by atoms with Crippen molar-refractivity contribution in [3.8, 4) is 5.69 Å². The van der Waals surface area contributed by atoms with E-state index in [0.717, 1.165) is 28.2 Å². The average Bonchev–Trinajstić information content (AvgIpc) is 2.96. The van der Waals surface area contributed by atoms with E-state index in [1.165, 1.54) is 18.2 Å². The number of hydrogen-bond acceptors (Lipinski definition) is 3. The van der Waals surface area contributed by atoms with Gasteiger partial charge in [-0.2, -0.15) is 5.10 Å². The molecule has 0 amide bonds. The molecule has 2 aromatic heterocycles. The third-order valence-electron chi connectivity index (χ3n) is 2.86. The van der Waals surface area contributed by atoms with Crippen LogP contribution in [-0.2, 0) is 0 Å². The second-order valence-electron chi connectivity index (χ2n) is 4.21. The molecule has 108 valence electrons. The van der Waals surface area contributed by atoms with Crippen molar-refractivity contribution in [3.05, 3.63) is 46.7 Å². The van der Waals surface area contributed by atoms with Crippen LogP contribution in [0.1, 0.15) is 21.8 Å². The molecule has 0 aliphatic carbocycles. The number of carboxylic acid groups (broad SMARTS) is 1. The molecule has 0 spiro atoms. The second kappa shape index (κ2) is 4.88. The van der Waals surface area contributed by atoms with Crippen LogP contribution in [-0.4, -0.2) is 20.9 Å². The molecule has 3 aromatic rings. The van der Waals surface area contributed by atoms with Gasteiger partial charge >= 0.3 is 5.97 Å². The van der Waals surface area contributed by atoms with Crippen LogP contribution in [0.25, 0.3) is 15.9 Å². The predicted octanol–water partition coefficient (Wildman–Crippen LogP) is 3.86. The maximum atomic E-state index is 13.3. The Bertz CT molecular complexity index is 841. The monoisotopic (exact) mass is 312 g/mol. The standard InChI is InChI=1S/C13H7F3N2O2S/c14-6-2-1-3-7(4-6)18-12-8(10(17-18)11(15)16)5-9(21-12)13(19)20/h1-5,11H,(H,19,20). The molecule has 4 nitrogen and oxygen atoms in total. The molecule has 0 aliphatic rings. The van der Waals surface area contributed by atoms with E-state index >= 15 is 0 Å². The van der Waals surface area contributed by atoms with Gasteiger partial charge in [-0.05, 0) is 24.3 Å². The van der Waals surface area contributed by atoms with Crippen molar-refractivity contribution in [1.82, 2.24) is 9.78 Å². The van der Waals surface area contributed by atoms with E-state index in [4.69, 9.17) is 5.11 Å². The number of fused-ring (bicyclic) bond motifs is 1. The Labute approximate surface area is 120 Å². The number of thiophene rings is 1.